The number of carbonyl (C=O) groups is 1. The molecule has 1 fully saturated rings. The van der Waals surface area contributed by atoms with E-state index in [1.54, 1.807) is 11.3 Å². The van der Waals surface area contributed by atoms with Gasteiger partial charge < -0.3 is 10.2 Å². The summed E-state index contributed by atoms with van der Waals surface area (Å²) in [7, 11) is 0. The Morgan fingerprint density at radius 3 is 2.95 bits per heavy atom. The van der Waals surface area contributed by atoms with Crippen molar-refractivity contribution in [3.8, 4) is 6.07 Å². The lowest BCUT2D eigenvalue weighted by atomic mass is 9.89. The molecule has 1 aliphatic heterocycles. The molecule has 21 heavy (non-hydrogen) atoms. The van der Waals surface area contributed by atoms with Crippen LogP contribution in [0.5, 0.6) is 0 Å². The molecule has 2 heterocycles. The van der Waals surface area contributed by atoms with Crippen LogP contribution in [0.1, 0.15) is 42.2 Å². The lowest BCUT2D eigenvalue weighted by Crippen LogP contribution is -3.11. The summed E-state index contributed by atoms with van der Waals surface area (Å²) in [5.74, 6) is 0.732. The zero-order valence-electron chi connectivity index (χ0n) is 12.5. The van der Waals surface area contributed by atoms with Crippen LogP contribution in [0.2, 0.25) is 0 Å². The van der Waals surface area contributed by atoms with Crippen LogP contribution in [-0.2, 0) is 17.6 Å². The molecular formula is C16H22N3OS+. The van der Waals surface area contributed by atoms with Gasteiger partial charge in [0.25, 0.3) is 5.91 Å². The average Bonchev–Trinajstić information content (AvgIpc) is 3.05. The monoisotopic (exact) mass is 304 g/mol. The number of rotatable bonds is 3. The zero-order valence-corrected chi connectivity index (χ0v) is 13.3. The summed E-state index contributed by atoms with van der Waals surface area (Å²) in [5.41, 5.74) is 1.90. The van der Waals surface area contributed by atoms with Gasteiger partial charge in [0.15, 0.2) is 6.54 Å². The molecule has 5 heteroatoms. The van der Waals surface area contributed by atoms with Gasteiger partial charge in [0, 0.05) is 17.7 Å². The molecule has 0 aromatic carbocycles. The Morgan fingerprint density at radius 1 is 1.48 bits per heavy atom. The van der Waals surface area contributed by atoms with Crippen molar-refractivity contribution >= 4 is 22.2 Å². The summed E-state index contributed by atoms with van der Waals surface area (Å²) in [4.78, 5) is 14.8. The molecule has 1 amide bonds. The Hall–Kier alpha value is -1.38. The topological polar surface area (TPSA) is 57.3 Å². The normalized spacial score (nSPS) is 21.8. The molecule has 1 saturated heterocycles. The van der Waals surface area contributed by atoms with Gasteiger partial charge in [-0.25, -0.2) is 0 Å². The number of amides is 1. The van der Waals surface area contributed by atoms with E-state index in [1.807, 2.05) is 0 Å². The predicted octanol–water partition coefficient (Wildman–Crippen LogP) is 1.36. The first-order valence-electron chi connectivity index (χ1n) is 7.85. The number of carbonyl (C=O) groups excluding carboxylic acids is 1. The van der Waals surface area contributed by atoms with E-state index in [0.29, 0.717) is 18.0 Å². The minimum Gasteiger partial charge on any atom is -0.327 e. The first kappa shape index (κ1) is 14.6. The fourth-order valence-corrected chi connectivity index (χ4v) is 4.78. The van der Waals surface area contributed by atoms with Crippen LogP contribution in [0.25, 0.3) is 0 Å². The van der Waals surface area contributed by atoms with E-state index in [0.717, 1.165) is 37.4 Å². The molecule has 2 aliphatic rings. The maximum absolute atomic E-state index is 12.2. The third-order valence-electron chi connectivity index (χ3n) is 4.60. The number of anilines is 1. The summed E-state index contributed by atoms with van der Waals surface area (Å²) in [6.07, 6.45) is 5.60. The quantitative estimate of drug-likeness (QED) is 0.886. The lowest BCUT2D eigenvalue weighted by molar-refractivity contribution is -0.878. The Labute approximate surface area is 129 Å². The second kappa shape index (κ2) is 6.17. The van der Waals surface area contributed by atoms with Gasteiger partial charge in [-0.1, -0.05) is 6.92 Å². The van der Waals surface area contributed by atoms with Crippen LogP contribution in [0.4, 0.5) is 5.00 Å². The van der Waals surface area contributed by atoms with Crippen LogP contribution in [0, 0.1) is 17.2 Å². The highest BCUT2D eigenvalue weighted by Crippen LogP contribution is 2.39. The van der Waals surface area contributed by atoms with Crippen LogP contribution in [-0.4, -0.2) is 25.5 Å². The number of hydrogen-bond donors (Lipinski definition) is 2. The van der Waals surface area contributed by atoms with Gasteiger partial charge in [0.05, 0.1) is 18.7 Å². The number of nitrogens with one attached hydrogen (secondary N) is 2. The molecule has 0 spiro atoms. The van der Waals surface area contributed by atoms with Crippen molar-refractivity contribution in [2.45, 2.75) is 39.0 Å². The molecule has 0 unspecified atom stereocenters. The van der Waals surface area contributed by atoms with E-state index in [2.05, 4.69) is 18.3 Å². The second-order valence-electron chi connectivity index (χ2n) is 6.35. The summed E-state index contributed by atoms with van der Waals surface area (Å²) in [5, 5.41) is 13.2. The fraction of sp³-hybridized carbons (Fsp3) is 0.625. The maximum atomic E-state index is 12.2. The number of nitrogens with zero attached hydrogens (tertiary/aromatic N) is 1. The van der Waals surface area contributed by atoms with Gasteiger partial charge in [0.2, 0.25) is 0 Å². The molecule has 1 aliphatic carbocycles. The smallest absolute Gasteiger partial charge is 0.280 e. The van der Waals surface area contributed by atoms with Crippen molar-refractivity contribution in [2.75, 3.05) is 25.0 Å². The maximum Gasteiger partial charge on any atom is 0.280 e. The summed E-state index contributed by atoms with van der Waals surface area (Å²) >= 11 is 1.61. The number of thiophene rings is 1. The number of hydrogen-bond acceptors (Lipinski definition) is 3. The van der Waals surface area contributed by atoms with Crippen LogP contribution < -0.4 is 10.2 Å². The highest BCUT2D eigenvalue weighted by molar-refractivity contribution is 7.16. The Morgan fingerprint density at radius 2 is 2.24 bits per heavy atom. The molecule has 1 atom stereocenters. The van der Waals surface area contributed by atoms with Crippen molar-refractivity contribution in [3.63, 3.8) is 0 Å². The van der Waals surface area contributed by atoms with Gasteiger partial charge in [-0.3, -0.25) is 4.79 Å². The molecular weight excluding hydrogens is 282 g/mol. The highest BCUT2D eigenvalue weighted by Gasteiger charge is 2.26. The number of likely N-dealkylation sites (tertiary alicyclic amines) is 1. The Bertz CT molecular complexity index is 581. The zero-order chi connectivity index (χ0) is 14.8. The van der Waals surface area contributed by atoms with E-state index < -0.39 is 0 Å². The number of quaternary nitrogens is 1. The van der Waals surface area contributed by atoms with Crippen molar-refractivity contribution < 1.29 is 9.69 Å². The largest absolute Gasteiger partial charge is 0.327 e. The molecule has 2 N–H and O–H groups in total. The van der Waals surface area contributed by atoms with Gasteiger partial charge in [-0.15, -0.1) is 11.3 Å². The van der Waals surface area contributed by atoms with E-state index in [1.165, 1.54) is 28.2 Å². The standard InChI is InChI=1S/C16H21N3OS/c1-11-4-5-12-13(9-17)16(21-14(12)8-11)18-15(20)10-19-6-2-3-7-19/h11H,2-8,10H2,1H3,(H,18,20)/p+1/t11-/m1/s1. The van der Waals surface area contributed by atoms with E-state index in [4.69, 9.17) is 0 Å². The Balaban J connectivity index is 1.73. The summed E-state index contributed by atoms with van der Waals surface area (Å²) < 4.78 is 0. The molecule has 0 saturated carbocycles. The van der Waals surface area contributed by atoms with Gasteiger partial charge >= 0.3 is 0 Å². The molecule has 112 valence electrons. The molecule has 0 bridgehead atoms. The third-order valence-corrected chi connectivity index (χ3v) is 5.77. The van der Waals surface area contributed by atoms with Gasteiger partial charge in [-0.2, -0.15) is 5.26 Å². The number of nitriles is 1. The molecule has 0 radical (unpaired) electrons. The van der Waals surface area contributed by atoms with Crippen molar-refractivity contribution in [3.05, 3.63) is 16.0 Å². The highest BCUT2D eigenvalue weighted by atomic mass is 32.1. The van der Waals surface area contributed by atoms with Gasteiger partial charge in [-0.05, 0) is 30.7 Å². The van der Waals surface area contributed by atoms with Crippen LogP contribution in [0.3, 0.4) is 0 Å². The number of fused-ring (bicyclic) bond motifs is 1. The minimum absolute atomic E-state index is 0.0510. The van der Waals surface area contributed by atoms with Crippen LogP contribution >= 0.6 is 11.3 Å². The third kappa shape index (κ3) is 3.12. The Kier molecular flexibility index (Phi) is 4.27. The second-order valence-corrected chi connectivity index (χ2v) is 7.45. The fourth-order valence-electron chi connectivity index (χ4n) is 3.41. The van der Waals surface area contributed by atoms with Crippen molar-refractivity contribution in [1.29, 1.82) is 5.26 Å². The van der Waals surface area contributed by atoms with E-state index >= 15 is 0 Å². The van der Waals surface area contributed by atoms with Crippen molar-refractivity contribution in [1.82, 2.24) is 0 Å². The van der Waals surface area contributed by atoms with E-state index in [9.17, 15) is 10.1 Å². The summed E-state index contributed by atoms with van der Waals surface area (Å²) in [6, 6.07) is 2.31. The van der Waals surface area contributed by atoms with Gasteiger partial charge in [0.1, 0.15) is 11.1 Å². The van der Waals surface area contributed by atoms with Crippen molar-refractivity contribution in [2.24, 2.45) is 5.92 Å². The molecule has 1 aromatic rings. The first-order chi connectivity index (χ1) is 10.2. The molecule has 4 nitrogen and oxygen atoms in total. The molecule has 1 aromatic heterocycles. The average molecular weight is 304 g/mol. The molecule has 3 rings (SSSR count). The SMILES string of the molecule is C[C@@H]1CCc2c(sc(NC(=O)C[NH+]3CCCC3)c2C#N)C1. The summed E-state index contributed by atoms with van der Waals surface area (Å²) in [6.45, 7) is 4.97. The lowest BCUT2D eigenvalue weighted by Gasteiger charge is -2.17. The minimum atomic E-state index is 0.0510. The van der Waals surface area contributed by atoms with E-state index in [-0.39, 0.29) is 5.91 Å². The first-order valence-corrected chi connectivity index (χ1v) is 8.67. The predicted molar refractivity (Wildman–Crippen MR) is 83.7 cm³/mol. The van der Waals surface area contributed by atoms with Crippen LogP contribution in [0.15, 0.2) is 0 Å².